The minimum absolute atomic E-state index is 0.0163. The Balaban J connectivity index is 1.82. The molecule has 2 aromatic rings. The number of carbonyl (C=O) groups is 1. The lowest BCUT2D eigenvalue weighted by molar-refractivity contribution is -0.117. The highest BCUT2D eigenvalue weighted by atomic mass is 16.2. The molecule has 0 fully saturated rings. The first-order chi connectivity index (χ1) is 11.4. The lowest BCUT2D eigenvalue weighted by atomic mass is 9.98. The summed E-state index contributed by atoms with van der Waals surface area (Å²) >= 11 is 0. The van der Waals surface area contributed by atoms with E-state index >= 15 is 0 Å². The molecule has 5 heteroatoms. The van der Waals surface area contributed by atoms with E-state index in [0.29, 0.717) is 0 Å². The van der Waals surface area contributed by atoms with Gasteiger partial charge in [-0.2, -0.15) is 5.10 Å². The maximum absolute atomic E-state index is 12.8. The lowest BCUT2D eigenvalue weighted by Crippen LogP contribution is -2.44. The molecule has 0 saturated carbocycles. The summed E-state index contributed by atoms with van der Waals surface area (Å²) in [6, 6.07) is 6.29. The minimum atomic E-state index is -0.217. The Morgan fingerprint density at radius 1 is 1.29 bits per heavy atom. The van der Waals surface area contributed by atoms with E-state index in [9.17, 15) is 4.79 Å². The van der Waals surface area contributed by atoms with Crippen molar-refractivity contribution < 1.29 is 4.79 Å². The molecular weight excluding hydrogens is 300 g/mol. The zero-order valence-corrected chi connectivity index (χ0v) is 15.2. The van der Waals surface area contributed by atoms with Crippen LogP contribution in [-0.4, -0.2) is 28.3 Å². The zero-order chi connectivity index (χ0) is 17.4. The van der Waals surface area contributed by atoms with Crippen molar-refractivity contribution in [3.8, 4) is 0 Å². The van der Waals surface area contributed by atoms with Crippen LogP contribution in [0.5, 0.6) is 0 Å². The Morgan fingerprint density at radius 3 is 2.71 bits per heavy atom. The van der Waals surface area contributed by atoms with Crippen molar-refractivity contribution >= 4 is 17.3 Å². The van der Waals surface area contributed by atoms with Gasteiger partial charge in [0, 0.05) is 19.3 Å². The summed E-state index contributed by atoms with van der Waals surface area (Å²) in [6.45, 7) is 8.90. The molecule has 1 amide bonds. The number of fused-ring (bicyclic) bond motifs is 1. The van der Waals surface area contributed by atoms with Gasteiger partial charge < -0.3 is 10.2 Å². The number of aryl methyl sites for hydroxylation is 4. The Labute approximate surface area is 143 Å². The number of benzene rings is 1. The van der Waals surface area contributed by atoms with Crippen molar-refractivity contribution in [1.29, 1.82) is 0 Å². The highest BCUT2D eigenvalue weighted by Crippen LogP contribution is 2.30. The molecule has 0 saturated heterocycles. The van der Waals surface area contributed by atoms with Crippen LogP contribution in [-0.2, 0) is 18.3 Å². The van der Waals surface area contributed by atoms with Gasteiger partial charge in [0.05, 0.1) is 17.1 Å². The van der Waals surface area contributed by atoms with Crippen LogP contribution in [0.1, 0.15) is 35.9 Å². The molecule has 1 N–H and O–H groups in total. The number of hydrogen-bond donors (Lipinski definition) is 1. The summed E-state index contributed by atoms with van der Waals surface area (Å²) in [5, 5.41) is 7.44. The zero-order valence-electron chi connectivity index (χ0n) is 15.2. The van der Waals surface area contributed by atoms with Crippen LogP contribution in [0.4, 0.5) is 11.4 Å². The molecule has 0 radical (unpaired) electrons. The predicted molar refractivity (Wildman–Crippen MR) is 97.6 cm³/mol. The number of nitrogens with one attached hydrogen (secondary N) is 1. The predicted octanol–water partition coefficient (Wildman–Crippen LogP) is 3.13. The molecule has 0 aliphatic carbocycles. The molecule has 1 aromatic carbocycles. The fraction of sp³-hybridized carbons (Fsp3) is 0.474. The Bertz CT molecular complexity index is 778. The van der Waals surface area contributed by atoms with Crippen molar-refractivity contribution in [2.45, 2.75) is 46.6 Å². The molecule has 0 bridgehead atoms. The fourth-order valence-electron chi connectivity index (χ4n) is 3.48. The topological polar surface area (TPSA) is 50.2 Å². The number of amides is 1. The first-order valence-corrected chi connectivity index (χ1v) is 8.55. The second-order valence-corrected chi connectivity index (χ2v) is 6.76. The van der Waals surface area contributed by atoms with Crippen molar-refractivity contribution in [1.82, 2.24) is 9.78 Å². The highest BCUT2D eigenvalue weighted by molar-refractivity contribution is 5.97. The molecule has 2 heterocycles. The van der Waals surface area contributed by atoms with Crippen molar-refractivity contribution in [3.05, 3.63) is 40.7 Å². The van der Waals surface area contributed by atoms with E-state index in [2.05, 4.69) is 40.4 Å². The van der Waals surface area contributed by atoms with Gasteiger partial charge in [0.25, 0.3) is 0 Å². The van der Waals surface area contributed by atoms with E-state index in [-0.39, 0.29) is 11.9 Å². The van der Waals surface area contributed by atoms with Gasteiger partial charge in [0.15, 0.2) is 0 Å². The molecule has 3 rings (SSSR count). The average molecular weight is 326 g/mol. The monoisotopic (exact) mass is 326 g/mol. The Morgan fingerprint density at radius 2 is 2.04 bits per heavy atom. The van der Waals surface area contributed by atoms with E-state index in [1.165, 1.54) is 16.8 Å². The van der Waals surface area contributed by atoms with Crippen LogP contribution in [0, 0.1) is 20.8 Å². The minimum Gasteiger partial charge on any atom is -0.360 e. The average Bonchev–Trinajstić information content (AvgIpc) is 2.79. The molecule has 1 atom stereocenters. The number of carbonyl (C=O) groups excluding carboxylic acids is 1. The van der Waals surface area contributed by atoms with E-state index < -0.39 is 0 Å². The van der Waals surface area contributed by atoms with Gasteiger partial charge in [-0.15, -0.1) is 0 Å². The molecule has 1 aliphatic rings. The molecule has 1 aliphatic heterocycles. The number of anilines is 2. The second-order valence-electron chi connectivity index (χ2n) is 6.76. The highest BCUT2D eigenvalue weighted by Gasteiger charge is 2.27. The van der Waals surface area contributed by atoms with E-state index in [0.717, 1.165) is 36.5 Å². The van der Waals surface area contributed by atoms with E-state index in [1.807, 2.05) is 27.8 Å². The number of aromatic nitrogens is 2. The van der Waals surface area contributed by atoms with Crippen molar-refractivity contribution in [3.63, 3.8) is 0 Å². The van der Waals surface area contributed by atoms with Crippen molar-refractivity contribution in [2.24, 2.45) is 7.05 Å². The Kier molecular flexibility index (Phi) is 4.35. The van der Waals surface area contributed by atoms with Crippen molar-refractivity contribution in [2.75, 3.05) is 16.8 Å². The fourth-order valence-corrected chi connectivity index (χ4v) is 3.48. The van der Waals surface area contributed by atoms with Crippen LogP contribution >= 0.6 is 0 Å². The quantitative estimate of drug-likeness (QED) is 0.943. The van der Waals surface area contributed by atoms with Gasteiger partial charge in [0.1, 0.15) is 6.04 Å². The molecule has 0 unspecified atom stereocenters. The lowest BCUT2D eigenvalue weighted by Gasteiger charge is -2.35. The largest absolute Gasteiger partial charge is 0.360 e. The number of nitrogens with zero attached hydrogens (tertiary/aromatic N) is 3. The molecular formula is C19H26N4O. The normalized spacial score (nSPS) is 15.1. The maximum Gasteiger partial charge on any atom is 0.246 e. The van der Waals surface area contributed by atoms with Crippen LogP contribution < -0.4 is 10.2 Å². The van der Waals surface area contributed by atoms with Crippen LogP contribution in [0.3, 0.4) is 0 Å². The molecule has 1 aromatic heterocycles. The summed E-state index contributed by atoms with van der Waals surface area (Å²) in [5.41, 5.74) is 6.46. The summed E-state index contributed by atoms with van der Waals surface area (Å²) in [4.78, 5) is 15.0. The first-order valence-electron chi connectivity index (χ1n) is 8.55. The van der Waals surface area contributed by atoms with Crippen LogP contribution in [0.2, 0.25) is 0 Å². The summed E-state index contributed by atoms with van der Waals surface area (Å²) in [6.07, 6.45) is 2.17. The maximum atomic E-state index is 12.8. The number of rotatable bonds is 3. The third-order valence-electron chi connectivity index (χ3n) is 4.99. The van der Waals surface area contributed by atoms with Gasteiger partial charge in [-0.1, -0.05) is 17.7 Å². The first kappa shape index (κ1) is 16.6. The summed E-state index contributed by atoms with van der Waals surface area (Å²) in [5.74, 6) is 0.0163. The SMILES string of the molecule is Cc1ccc2c(c1)CCCN2[C@H](C)C(=O)Nc1c(C)nn(C)c1C. The third-order valence-corrected chi connectivity index (χ3v) is 4.99. The molecule has 128 valence electrons. The van der Waals surface area contributed by atoms with E-state index in [1.54, 1.807) is 4.68 Å². The van der Waals surface area contributed by atoms with Crippen LogP contribution in [0.15, 0.2) is 18.2 Å². The summed E-state index contributed by atoms with van der Waals surface area (Å²) < 4.78 is 1.80. The van der Waals surface area contributed by atoms with E-state index in [4.69, 9.17) is 0 Å². The number of hydrogen-bond acceptors (Lipinski definition) is 3. The molecule has 5 nitrogen and oxygen atoms in total. The van der Waals surface area contributed by atoms with Gasteiger partial charge in [0.2, 0.25) is 5.91 Å². The van der Waals surface area contributed by atoms with Gasteiger partial charge in [-0.25, -0.2) is 0 Å². The summed E-state index contributed by atoms with van der Waals surface area (Å²) in [7, 11) is 1.89. The molecule has 0 spiro atoms. The van der Waals surface area contributed by atoms with Gasteiger partial charge in [-0.05, 0) is 52.2 Å². The van der Waals surface area contributed by atoms with Gasteiger partial charge >= 0.3 is 0 Å². The Hall–Kier alpha value is -2.30. The third kappa shape index (κ3) is 2.90. The smallest absolute Gasteiger partial charge is 0.246 e. The molecule has 24 heavy (non-hydrogen) atoms. The van der Waals surface area contributed by atoms with Crippen LogP contribution in [0.25, 0.3) is 0 Å². The van der Waals surface area contributed by atoms with Gasteiger partial charge in [-0.3, -0.25) is 9.48 Å². The second kappa shape index (κ2) is 6.30. The standard InChI is InChI=1S/C19H26N4O/c1-12-8-9-17-16(11-12)7-6-10-23(17)15(4)19(24)20-18-13(2)21-22(5)14(18)3/h8-9,11,15H,6-7,10H2,1-5H3,(H,20,24)/t15-/m1/s1.